The summed E-state index contributed by atoms with van der Waals surface area (Å²) in [5, 5.41) is 10.7. The van der Waals surface area contributed by atoms with Gasteiger partial charge < -0.3 is 5.41 Å². The van der Waals surface area contributed by atoms with Crippen molar-refractivity contribution < 1.29 is 0 Å². The van der Waals surface area contributed by atoms with Crippen molar-refractivity contribution in [2.45, 2.75) is 0 Å². The standard InChI is InChI=1S/C12H10BrN/c13-8-12(14)11-6-5-9-3-1-2-4-10(9)7-11/h1-7,14H,8H2. The van der Waals surface area contributed by atoms with Crippen LogP contribution in [0.2, 0.25) is 0 Å². The van der Waals surface area contributed by atoms with Gasteiger partial charge in [0.1, 0.15) is 0 Å². The van der Waals surface area contributed by atoms with Gasteiger partial charge in [-0.2, -0.15) is 0 Å². The van der Waals surface area contributed by atoms with E-state index in [1.165, 1.54) is 10.8 Å². The summed E-state index contributed by atoms with van der Waals surface area (Å²) in [7, 11) is 0. The van der Waals surface area contributed by atoms with Crippen LogP contribution in [0.5, 0.6) is 0 Å². The van der Waals surface area contributed by atoms with E-state index in [2.05, 4.69) is 40.2 Å². The minimum Gasteiger partial charge on any atom is -0.304 e. The fraction of sp³-hybridized carbons (Fsp3) is 0.0833. The molecule has 2 aromatic rings. The lowest BCUT2D eigenvalue weighted by Crippen LogP contribution is -1.99. The van der Waals surface area contributed by atoms with Crippen molar-refractivity contribution in [2.24, 2.45) is 0 Å². The minimum atomic E-state index is 0.603. The molecule has 70 valence electrons. The second-order valence-corrected chi connectivity index (χ2v) is 3.73. The highest BCUT2D eigenvalue weighted by atomic mass is 79.9. The lowest BCUT2D eigenvalue weighted by Gasteiger charge is -2.02. The number of hydrogen-bond donors (Lipinski definition) is 1. The Morgan fingerprint density at radius 3 is 2.50 bits per heavy atom. The van der Waals surface area contributed by atoms with Gasteiger partial charge in [-0.15, -0.1) is 0 Å². The monoisotopic (exact) mass is 247 g/mol. The zero-order valence-electron chi connectivity index (χ0n) is 7.63. The summed E-state index contributed by atoms with van der Waals surface area (Å²) in [6.45, 7) is 0. The molecule has 0 aliphatic heterocycles. The fourth-order valence-corrected chi connectivity index (χ4v) is 1.78. The summed E-state index contributed by atoms with van der Waals surface area (Å²) >= 11 is 3.29. The second kappa shape index (κ2) is 3.93. The molecule has 0 unspecified atom stereocenters. The van der Waals surface area contributed by atoms with E-state index in [1.807, 2.05) is 18.2 Å². The van der Waals surface area contributed by atoms with Crippen molar-refractivity contribution in [3.05, 3.63) is 48.0 Å². The highest BCUT2D eigenvalue weighted by Crippen LogP contribution is 2.16. The molecule has 0 aromatic heterocycles. The molecule has 2 aromatic carbocycles. The van der Waals surface area contributed by atoms with Gasteiger partial charge >= 0.3 is 0 Å². The highest BCUT2D eigenvalue weighted by molar-refractivity contribution is 9.09. The van der Waals surface area contributed by atoms with Gasteiger partial charge in [0.2, 0.25) is 0 Å². The summed E-state index contributed by atoms with van der Waals surface area (Å²) in [5.41, 5.74) is 1.61. The SMILES string of the molecule is N=C(CBr)c1ccc2ccccc2c1. The highest BCUT2D eigenvalue weighted by Gasteiger charge is 2.00. The van der Waals surface area contributed by atoms with E-state index in [4.69, 9.17) is 5.41 Å². The summed E-state index contributed by atoms with van der Waals surface area (Å²) in [4.78, 5) is 0. The first-order valence-corrected chi connectivity index (χ1v) is 5.56. The summed E-state index contributed by atoms with van der Waals surface area (Å²) in [6, 6.07) is 14.3. The Morgan fingerprint density at radius 1 is 1.07 bits per heavy atom. The number of hydrogen-bond acceptors (Lipinski definition) is 1. The largest absolute Gasteiger partial charge is 0.304 e. The van der Waals surface area contributed by atoms with Crippen LogP contribution >= 0.6 is 15.9 Å². The number of nitrogens with one attached hydrogen (secondary N) is 1. The quantitative estimate of drug-likeness (QED) is 0.620. The van der Waals surface area contributed by atoms with E-state index in [1.54, 1.807) is 0 Å². The Balaban J connectivity index is 2.56. The lowest BCUT2D eigenvalue weighted by molar-refractivity contribution is 1.47. The van der Waals surface area contributed by atoms with Gasteiger partial charge in [-0.25, -0.2) is 0 Å². The first-order chi connectivity index (χ1) is 6.81. The van der Waals surface area contributed by atoms with Gasteiger partial charge in [-0.05, 0) is 22.4 Å². The average Bonchev–Trinajstić information content (AvgIpc) is 2.27. The van der Waals surface area contributed by atoms with E-state index in [0.29, 0.717) is 11.0 Å². The van der Waals surface area contributed by atoms with Crippen molar-refractivity contribution in [3.8, 4) is 0 Å². The maximum absolute atomic E-state index is 7.71. The smallest absolute Gasteiger partial charge is 0.0491 e. The Labute approximate surface area is 91.4 Å². The Bertz CT molecular complexity index is 476. The lowest BCUT2D eigenvalue weighted by atomic mass is 10.0. The van der Waals surface area contributed by atoms with Crippen LogP contribution < -0.4 is 0 Å². The van der Waals surface area contributed by atoms with Crippen molar-refractivity contribution in [3.63, 3.8) is 0 Å². The van der Waals surface area contributed by atoms with E-state index < -0.39 is 0 Å². The Morgan fingerprint density at radius 2 is 1.79 bits per heavy atom. The molecular formula is C12H10BrN. The molecule has 1 nitrogen and oxygen atoms in total. The van der Waals surface area contributed by atoms with E-state index in [9.17, 15) is 0 Å². The van der Waals surface area contributed by atoms with Gasteiger partial charge in [0, 0.05) is 11.0 Å². The Kier molecular flexibility index (Phi) is 2.64. The molecule has 1 N–H and O–H groups in total. The molecule has 0 spiro atoms. The van der Waals surface area contributed by atoms with Crippen LogP contribution in [0.3, 0.4) is 0 Å². The molecule has 14 heavy (non-hydrogen) atoms. The normalized spacial score (nSPS) is 10.4. The van der Waals surface area contributed by atoms with Gasteiger partial charge in [0.15, 0.2) is 0 Å². The van der Waals surface area contributed by atoms with Crippen LogP contribution in [-0.4, -0.2) is 11.0 Å². The maximum atomic E-state index is 7.71. The molecule has 2 heteroatoms. The van der Waals surface area contributed by atoms with Crippen molar-refractivity contribution in [1.29, 1.82) is 5.41 Å². The Hall–Kier alpha value is -1.15. The molecule has 0 bridgehead atoms. The number of fused-ring (bicyclic) bond motifs is 1. The van der Waals surface area contributed by atoms with Crippen LogP contribution in [0.4, 0.5) is 0 Å². The van der Waals surface area contributed by atoms with E-state index >= 15 is 0 Å². The van der Waals surface area contributed by atoms with Gasteiger partial charge in [0.25, 0.3) is 0 Å². The van der Waals surface area contributed by atoms with Crippen LogP contribution in [0.15, 0.2) is 42.5 Å². The zero-order valence-corrected chi connectivity index (χ0v) is 9.21. The first-order valence-electron chi connectivity index (χ1n) is 4.44. The first kappa shape index (κ1) is 9.41. The molecular weight excluding hydrogens is 238 g/mol. The maximum Gasteiger partial charge on any atom is 0.0491 e. The average molecular weight is 248 g/mol. The zero-order chi connectivity index (χ0) is 9.97. The van der Waals surface area contributed by atoms with Gasteiger partial charge in [-0.3, -0.25) is 0 Å². The third-order valence-electron chi connectivity index (χ3n) is 2.23. The van der Waals surface area contributed by atoms with Crippen LogP contribution in [0.25, 0.3) is 10.8 Å². The predicted octanol–water partition coefficient (Wildman–Crippen LogP) is 3.60. The van der Waals surface area contributed by atoms with E-state index in [0.717, 1.165) is 5.56 Å². The molecule has 2 rings (SSSR count). The van der Waals surface area contributed by atoms with Crippen molar-refractivity contribution >= 4 is 32.4 Å². The summed E-state index contributed by atoms with van der Waals surface area (Å²) in [6.07, 6.45) is 0. The molecule has 0 radical (unpaired) electrons. The van der Waals surface area contributed by atoms with Crippen LogP contribution in [0, 0.1) is 5.41 Å². The third kappa shape index (κ3) is 1.70. The number of benzene rings is 2. The van der Waals surface area contributed by atoms with Crippen LogP contribution in [0.1, 0.15) is 5.56 Å². The fourth-order valence-electron chi connectivity index (χ4n) is 1.45. The van der Waals surface area contributed by atoms with Crippen molar-refractivity contribution in [2.75, 3.05) is 5.33 Å². The number of halogens is 1. The molecule has 0 saturated carbocycles. The molecule has 0 fully saturated rings. The van der Waals surface area contributed by atoms with Crippen LogP contribution in [-0.2, 0) is 0 Å². The molecule has 0 saturated heterocycles. The molecule has 0 aliphatic carbocycles. The third-order valence-corrected chi connectivity index (χ3v) is 2.79. The molecule has 0 heterocycles. The summed E-state index contributed by atoms with van der Waals surface area (Å²) < 4.78 is 0. The molecule has 0 amide bonds. The van der Waals surface area contributed by atoms with Crippen molar-refractivity contribution in [1.82, 2.24) is 0 Å². The molecule has 0 aliphatic rings. The topological polar surface area (TPSA) is 23.9 Å². The molecule has 0 atom stereocenters. The minimum absolute atomic E-state index is 0.603. The van der Waals surface area contributed by atoms with Gasteiger partial charge in [-0.1, -0.05) is 52.3 Å². The number of rotatable bonds is 2. The number of alkyl halides is 1. The summed E-state index contributed by atoms with van der Waals surface area (Å²) in [5.74, 6) is 0. The second-order valence-electron chi connectivity index (χ2n) is 3.17. The van der Waals surface area contributed by atoms with E-state index in [-0.39, 0.29) is 0 Å². The predicted molar refractivity (Wildman–Crippen MR) is 64.6 cm³/mol. The van der Waals surface area contributed by atoms with Gasteiger partial charge in [0.05, 0.1) is 0 Å².